The number of Topliss-reactive ketones (excluding diaryl/α,β-unsaturated/α-hetero) is 1. The SMILES string of the molecule is C=CC(=O)N1CCN(c2cnc3[nH]cc(C(=O)CC(C)C)c3n2)[C@@H](C2CC2)C1. The molecule has 1 saturated heterocycles. The number of hydrogen-bond acceptors (Lipinski definition) is 5. The van der Waals surface area contributed by atoms with Gasteiger partial charge in [-0.15, -0.1) is 0 Å². The number of carbonyl (C=O) groups is 2. The molecule has 1 aliphatic carbocycles. The first-order valence-electron chi connectivity index (χ1n) is 10.0. The van der Waals surface area contributed by atoms with E-state index in [0.717, 1.165) is 5.82 Å². The molecule has 0 unspecified atom stereocenters. The molecule has 2 fully saturated rings. The van der Waals surface area contributed by atoms with Crippen LogP contribution >= 0.6 is 0 Å². The predicted molar refractivity (Wildman–Crippen MR) is 108 cm³/mol. The van der Waals surface area contributed by atoms with Crippen molar-refractivity contribution in [3.63, 3.8) is 0 Å². The molecule has 2 aliphatic rings. The summed E-state index contributed by atoms with van der Waals surface area (Å²) in [5.74, 6) is 1.73. The Balaban J connectivity index is 1.63. The monoisotopic (exact) mass is 381 g/mol. The molecule has 2 aromatic rings. The van der Waals surface area contributed by atoms with Crippen molar-refractivity contribution in [1.82, 2.24) is 19.9 Å². The van der Waals surface area contributed by atoms with Gasteiger partial charge in [-0.05, 0) is 30.8 Å². The lowest BCUT2D eigenvalue weighted by Gasteiger charge is -2.42. The summed E-state index contributed by atoms with van der Waals surface area (Å²) in [7, 11) is 0. The van der Waals surface area contributed by atoms with Crippen LogP contribution in [0.2, 0.25) is 0 Å². The zero-order valence-electron chi connectivity index (χ0n) is 16.5. The lowest BCUT2D eigenvalue weighted by molar-refractivity contribution is -0.126. The van der Waals surface area contributed by atoms with Gasteiger partial charge >= 0.3 is 0 Å². The smallest absolute Gasteiger partial charge is 0.246 e. The number of aromatic nitrogens is 3. The van der Waals surface area contributed by atoms with Crippen LogP contribution in [-0.4, -0.2) is 57.2 Å². The van der Waals surface area contributed by atoms with Crippen LogP contribution in [0.3, 0.4) is 0 Å². The van der Waals surface area contributed by atoms with Gasteiger partial charge in [0.2, 0.25) is 5.91 Å². The van der Waals surface area contributed by atoms with Gasteiger partial charge in [0, 0.05) is 32.3 Å². The highest BCUT2D eigenvalue weighted by molar-refractivity contribution is 6.06. The highest BCUT2D eigenvalue weighted by Gasteiger charge is 2.40. The fraction of sp³-hybridized carbons (Fsp3) is 0.524. The Bertz CT molecular complexity index is 915. The van der Waals surface area contributed by atoms with Gasteiger partial charge in [-0.2, -0.15) is 0 Å². The zero-order chi connectivity index (χ0) is 19.8. The lowest BCUT2D eigenvalue weighted by Crippen LogP contribution is -2.55. The van der Waals surface area contributed by atoms with Crippen LogP contribution in [0.4, 0.5) is 5.82 Å². The Morgan fingerprint density at radius 2 is 2.14 bits per heavy atom. The van der Waals surface area contributed by atoms with E-state index < -0.39 is 0 Å². The van der Waals surface area contributed by atoms with Crippen molar-refractivity contribution in [2.45, 2.75) is 39.2 Å². The van der Waals surface area contributed by atoms with E-state index in [-0.39, 0.29) is 17.7 Å². The first-order valence-corrected chi connectivity index (χ1v) is 10.0. The average molecular weight is 381 g/mol. The van der Waals surface area contributed by atoms with Gasteiger partial charge in [-0.3, -0.25) is 9.59 Å². The van der Waals surface area contributed by atoms with Crippen LogP contribution in [0.15, 0.2) is 25.0 Å². The van der Waals surface area contributed by atoms with Crippen LogP contribution in [0, 0.1) is 11.8 Å². The molecule has 1 atom stereocenters. The molecule has 148 valence electrons. The topological polar surface area (TPSA) is 82.2 Å². The molecule has 3 heterocycles. The molecule has 0 radical (unpaired) electrons. The Morgan fingerprint density at radius 1 is 1.36 bits per heavy atom. The van der Waals surface area contributed by atoms with Crippen molar-refractivity contribution in [2.24, 2.45) is 11.8 Å². The van der Waals surface area contributed by atoms with Crippen LogP contribution < -0.4 is 4.90 Å². The number of rotatable bonds is 6. The van der Waals surface area contributed by atoms with Gasteiger partial charge in [-0.25, -0.2) is 9.97 Å². The number of nitrogens with zero attached hydrogens (tertiary/aromatic N) is 4. The largest absolute Gasteiger partial charge is 0.348 e. The second kappa shape index (κ2) is 7.37. The van der Waals surface area contributed by atoms with E-state index in [0.29, 0.717) is 54.6 Å². The normalized spacial score (nSPS) is 20.0. The van der Waals surface area contributed by atoms with E-state index in [1.807, 2.05) is 18.7 Å². The fourth-order valence-electron chi connectivity index (χ4n) is 4.02. The second-order valence-corrected chi connectivity index (χ2v) is 8.24. The molecule has 0 aromatic carbocycles. The maximum absolute atomic E-state index is 12.6. The highest BCUT2D eigenvalue weighted by atomic mass is 16.2. The fourth-order valence-corrected chi connectivity index (χ4v) is 4.02. The summed E-state index contributed by atoms with van der Waals surface area (Å²) in [6.45, 7) is 9.71. The molecule has 0 bridgehead atoms. The molecule has 7 heteroatoms. The minimum absolute atomic E-state index is 0.0148. The number of carbonyl (C=O) groups excluding carboxylic acids is 2. The first kappa shape index (κ1) is 18.7. The van der Waals surface area contributed by atoms with Crippen LogP contribution in [0.5, 0.6) is 0 Å². The number of H-pyrrole nitrogens is 1. The number of hydrogen-bond donors (Lipinski definition) is 1. The van der Waals surface area contributed by atoms with Gasteiger partial charge in [0.25, 0.3) is 0 Å². The van der Waals surface area contributed by atoms with Gasteiger partial charge in [-0.1, -0.05) is 20.4 Å². The predicted octanol–water partition coefficient (Wildman–Crippen LogP) is 2.80. The van der Waals surface area contributed by atoms with Crippen molar-refractivity contribution in [1.29, 1.82) is 0 Å². The molecule has 7 nitrogen and oxygen atoms in total. The molecule has 1 N–H and O–H groups in total. The van der Waals surface area contributed by atoms with Crippen molar-refractivity contribution in [2.75, 3.05) is 24.5 Å². The number of ketones is 1. The summed E-state index contributed by atoms with van der Waals surface area (Å²) in [6.07, 6.45) is 7.72. The number of fused-ring (bicyclic) bond motifs is 1. The third kappa shape index (κ3) is 3.53. The molecule has 1 aliphatic heterocycles. The third-order valence-electron chi connectivity index (χ3n) is 5.63. The quantitative estimate of drug-likeness (QED) is 0.615. The van der Waals surface area contributed by atoms with E-state index in [4.69, 9.17) is 4.98 Å². The Kier molecular flexibility index (Phi) is 4.91. The van der Waals surface area contributed by atoms with E-state index >= 15 is 0 Å². The lowest BCUT2D eigenvalue weighted by atomic mass is 10.0. The number of anilines is 1. The van der Waals surface area contributed by atoms with E-state index in [1.54, 1.807) is 12.4 Å². The minimum atomic E-state index is -0.0148. The van der Waals surface area contributed by atoms with E-state index in [1.165, 1.54) is 18.9 Å². The number of amides is 1. The van der Waals surface area contributed by atoms with E-state index in [2.05, 4.69) is 21.4 Å². The van der Waals surface area contributed by atoms with Crippen molar-refractivity contribution in [3.05, 3.63) is 30.6 Å². The van der Waals surface area contributed by atoms with Crippen molar-refractivity contribution < 1.29 is 9.59 Å². The average Bonchev–Trinajstić information content (AvgIpc) is 3.45. The highest BCUT2D eigenvalue weighted by Crippen LogP contribution is 2.38. The molecule has 1 saturated carbocycles. The maximum atomic E-state index is 12.6. The van der Waals surface area contributed by atoms with Gasteiger partial charge in [0.1, 0.15) is 11.3 Å². The summed E-state index contributed by atoms with van der Waals surface area (Å²) >= 11 is 0. The Labute approximate surface area is 164 Å². The molecular formula is C21H27N5O2. The Hall–Kier alpha value is -2.70. The summed E-state index contributed by atoms with van der Waals surface area (Å²) in [5.41, 5.74) is 1.89. The molecule has 1 amide bonds. The number of nitrogens with one attached hydrogen (secondary N) is 1. The van der Waals surface area contributed by atoms with Gasteiger partial charge in [0.15, 0.2) is 11.4 Å². The van der Waals surface area contributed by atoms with Crippen LogP contribution in [0.1, 0.15) is 43.5 Å². The maximum Gasteiger partial charge on any atom is 0.246 e. The minimum Gasteiger partial charge on any atom is -0.348 e. The van der Waals surface area contributed by atoms with Gasteiger partial charge < -0.3 is 14.8 Å². The second-order valence-electron chi connectivity index (χ2n) is 8.24. The Morgan fingerprint density at radius 3 is 2.82 bits per heavy atom. The number of piperazine rings is 1. The summed E-state index contributed by atoms with van der Waals surface area (Å²) in [6, 6.07) is 0.234. The molecule has 2 aromatic heterocycles. The number of aromatic amines is 1. The molecular weight excluding hydrogens is 354 g/mol. The van der Waals surface area contributed by atoms with Crippen molar-refractivity contribution >= 4 is 28.7 Å². The van der Waals surface area contributed by atoms with Gasteiger partial charge in [0.05, 0.1) is 17.8 Å². The summed E-state index contributed by atoms with van der Waals surface area (Å²) in [4.78, 5) is 41.2. The van der Waals surface area contributed by atoms with Crippen LogP contribution in [-0.2, 0) is 4.79 Å². The van der Waals surface area contributed by atoms with E-state index in [9.17, 15) is 9.59 Å². The summed E-state index contributed by atoms with van der Waals surface area (Å²) in [5, 5.41) is 0. The standard InChI is InChI=1S/C21H27N5O2/c1-4-19(28)25-7-8-26(16(12-25)14-5-6-14)18-11-23-21-20(24-18)15(10-22-21)17(27)9-13(2)3/h4,10-11,13-14,16H,1,5-9,12H2,2-3H3,(H,22,23)/t16-/m1/s1. The first-order chi connectivity index (χ1) is 13.5. The molecule has 28 heavy (non-hydrogen) atoms. The van der Waals surface area contributed by atoms with Crippen molar-refractivity contribution in [3.8, 4) is 0 Å². The molecule has 0 spiro atoms. The zero-order valence-corrected chi connectivity index (χ0v) is 16.5. The van der Waals surface area contributed by atoms with Crippen LogP contribution in [0.25, 0.3) is 11.2 Å². The molecule has 4 rings (SSSR count). The summed E-state index contributed by atoms with van der Waals surface area (Å²) < 4.78 is 0. The third-order valence-corrected chi connectivity index (χ3v) is 5.63.